The lowest BCUT2D eigenvalue weighted by Crippen LogP contribution is -1.93. The van der Waals surface area contributed by atoms with Gasteiger partial charge in [-0.15, -0.1) is 12.4 Å². The Morgan fingerprint density at radius 3 is 2.71 bits per heavy atom. The fourth-order valence-electron chi connectivity index (χ4n) is 1.36. The molecule has 1 aromatic carbocycles. The molecular formula is C9H8Cl2N2O. The highest BCUT2D eigenvalue weighted by Gasteiger charge is 2.12. The van der Waals surface area contributed by atoms with E-state index >= 15 is 0 Å². The van der Waals surface area contributed by atoms with Crippen LogP contribution in [0.25, 0.3) is 10.9 Å². The summed E-state index contributed by atoms with van der Waals surface area (Å²) < 4.78 is 1.64. The third-order valence-electron chi connectivity index (χ3n) is 1.94. The molecule has 0 radical (unpaired) electrons. The van der Waals surface area contributed by atoms with Gasteiger partial charge in [0.2, 0.25) is 0 Å². The number of rotatable bonds is 1. The third-order valence-corrected chi connectivity index (χ3v) is 2.12. The van der Waals surface area contributed by atoms with Crippen LogP contribution < -0.4 is 0 Å². The van der Waals surface area contributed by atoms with Crippen LogP contribution in [0.5, 0.6) is 0 Å². The molecule has 1 heterocycles. The van der Waals surface area contributed by atoms with E-state index in [0.717, 1.165) is 10.9 Å². The van der Waals surface area contributed by atoms with Gasteiger partial charge in [0.15, 0.2) is 5.69 Å². The minimum absolute atomic E-state index is 0. The Balaban J connectivity index is 0.000000980. The van der Waals surface area contributed by atoms with E-state index < -0.39 is 5.24 Å². The van der Waals surface area contributed by atoms with E-state index in [1.54, 1.807) is 11.7 Å². The van der Waals surface area contributed by atoms with Crippen LogP contribution in [-0.2, 0) is 7.05 Å². The third kappa shape index (κ3) is 1.61. The van der Waals surface area contributed by atoms with Gasteiger partial charge in [0.25, 0.3) is 5.24 Å². The standard InChI is InChI=1S/C9H7ClN2O.ClH/c1-12-7-5-3-2-4-6(7)8(11-12)9(10)13;/h2-5H,1H3;1H. The molecule has 0 saturated heterocycles. The smallest absolute Gasteiger partial charge is 0.273 e. The highest BCUT2D eigenvalue weighted by atomic mass is 35.5. The molecule has 0 spiro atoms. The van der Waals surface area contributed by atoms with E-state index in [9.17, 15) is 4.79 Å². The molecule has 3 nitrogen and oxygen atoms in total. The molecule has 2 rings (SSSR count). The minimum Gasteiger partial charge on any atom is -0.274 e. The fourth-order valence-corrected chi connectivity index (χ4v) is 1.50. The monoisotopic (exact) mass is 230 g/mol. The molecule has 0 aliphatic rings. The van der Waals surface area contributed by atoms with E-state index in [4.69, 9.17) is 11.6 Å². The summed E-state index contributed by atoms with van der Waals surface area (Å²) in [6.45, 7) is 0. The number of carbonyl (C=O) groups is 1. The Labute approximate surface area is 92.1 Å². The number of para-hydroxylation sites is 1. The van der Waals surface area contributed by atoms with Gasteiger partial charge in [-0.2, -0.15) is 5.10 Å². The van der Waals surface area contributed by atoms with E-state index in [1.165, 1.54) is 0 Å². The number of aryl methyl sites for hydroxylation is 1. The molecule has 1 aromatic heterocycles. The Kier molecular flexibility index (Phi) is 3.13. The van der Waals surface area contributed by atoms with Crippen molar-refractivity contribution >= 4 is 40.2 Å². The Bertz CT molecular complexity index is 479. The molecule has 0 saturated carbocycles. The first-order chi connectivity index (χ1) is 6.20. The van der Waals surface area contributed by atoms with Crippen LogP contribution in [0.2, 0.25) is 0 Å². The molecule has 0 fully saturated rings. The molecule has 2 aromatic rings. The van der Waals surface area contributed by atoms with Gasteiger partial charge in [0.05, 0.1) is 5.52 Å². The molecule has 0 bridgehead atoms. The van der Waals surface area contributed by atoms with Crippen LogP contribution in [0.15, 0.2) is 24.3 Å². The maximum atomic E-state index is 11.0. The average molecular weight is 231 g/mol. The summed E-state index contributed by atoms with van der Waals surface area (Å²) in [6.07, 6.45) is 0. The van der Waals surface area contributed by atoms with Crippen LogP contribution in [0.4, 0.5) is 0 Å². The van der Waals surface area contributed by atoms with Crippen LogP contribution in [0.1, 0.15) is 10.5 Å². The molecule has 14 heavy (non-hydrogen) atoms. The van der Waals surface area contributed by atoms with E-state index in [-0.39, 0.29) is 12.4 Å². The lowest BCUT2D eigenvalue weighted by atomic mass is 10.2. The van der Waals surface area contributed by atoms with Gasteiger partial charge in [-0.05, 0) is 17.7 Å². The van der Waals surface area contributed by atoms with Crippen molar-refractivity contribution in [1.82, 2.24) is 9.78 Å². The zero-order valence-electron chi connectivity index (χ0n) is 7.40. The van der Waals surface area contributed by atoms with Gasteiger partial charge < -0.3 is 0 Å². The van der Waals surface area contributed by atoms with Crippen molar-refractivity contribution in [2.24, 2.45) is 7.05 Å². The van der Waals surface area contributed by atoms with Crippen LogP contribution in [0, 0.1) is 0 Å². The molecule has 0 atom stereocenters. The molecule has 0 N–H and O–H groups in total. The molecular weight excluding hydrogens is 223 g/mol. The predicted octanol–water partition coefficient (Wildman–Crippen LogP) is 2.37. The number of halogens is 2. The highest BCUT2D eigenvalue weighted by molar-refractivity contribution is 6.68. The van der Waals surface area contributed by atoms with Crippen molar-refractivity contribution < 1.29 is 4.79 Å². The van der Waals surface area contributed by atoms with Crippen molar-refractivity contribution in [3.8, 4) is 0 Å². The molecule has 74 valence electrons. The van der Waals surface area contributed by atoms with Crippen molar-refractivity contribution in [3.63, 3.8) is 0 Å². The van der Waals surface area contributed by atoms with Gasteiger partial charge >= 0.3 is 0 Å². The number of carbonyl (C=O) groups excluding carboxylic acids is 1. The Hall–Kier alpha value is -1.06. The van der Waals surface area contributed by atoms with Crippen molar-refractivity contribution in [2.75, 3.05) is 0 Å². The maximum absolute atomic E-state index is 11.0. The molecule has 0 aliphatic heterocycles. The quantitative estimate of drug-likeness (QED) is 0.706. The van der Waals surface area contributed by atoms with Crippen LogP contribution in [-0.4, -0.2) is 15.0 Å². The number of fused-ring (bicyclic) bond motifs is 1. The second kappa shape index (κ2) is 3.98. The average Bonchev–Trinajstić information content (AvgIpc) is 2.45. The first-order valence-corrected chi connectivity index (χ1v) is 4.19. The normalized spacial score (nSPS) is 9.86. The zero-order chi connectivity index (χ0) is 9.42. The minimum atomic E-state index is -0.517. The number of hydrogen-bond acceptors (Lipinski definition) is 2. The van der Waals surface area contributed by atoms with Crippen molar-refractivity contribution in [3.05, 3.63) is 30.0 Å². The first kappa shape index (κ1) is 11.0. The number of hydrogen-bond donors (Lipinski definition) is 0. The predicted molar refractivity (Wildman–Crippen MR) is 58.1 cm³/mol. The summed E-state index contributed by atoms with van der Waals surface area (Å²) in [5.74, 6) is 0. The largest absolute Gasteiger partial charge is 0.274 e. The summed E-state index contributed by atoms with van der Waals surface area (Å²) >= 11 is 5.38. The maximum Gasteiger partial charge on any atom is 0.273 e. The summed E-state index contributed by atoms with van der Waals surface area (Å²) in [6, 6.07) is 7.48. The van der Waals surface area contributed by atoms with Gasteiger partial charge in [-0.25, -0.2) is 0 Å². The topological polar surface area (TPSA) is 34.9 Å². The molecule has 0 aliphatic carbocycles. The van der Waals surface area contributed by atoms with E-state index in [0.29, 0.717) is 5.69 Å². The number of aromatic nitrogens is 2. The van der Waals surface area contributed by atoms with E-state index in [1.807, 2.05) is 24.3 Å². The molecule has 5 heteroatoms. The van der Waals surface area contributed by atoms with Crippen molar-refractivity contribution in [2.45, 2.75) is 0 Å². The first-order valence-electron chi connectivity index (χ1n) is 3.81. The summed E-state index contributed by atoms with van der Waals surface area (Å²) in [4.78, 5) is 11.0. The summed E-state index contributed by atoms with van der Waals surface area (Å²) in [5, 5.41) is 4.30. The van der Waals surface area contributed by atoms with Crippen molar-refractivity contribution in [1.29, 1.82) is 0 Å². The second-order valence-corrected chi connectivity index (χ2v) is 3.11. The van der Waals surface area contributed by atoms with Gasteiger partial charge in [0, 0.05) is 12.4 Å². The molecule has 0 amide bonds. The summed E-state index contributed by atoms with van der Waals surface area (Å²) in [7, 11) is 1.78. The number of nitrogens with zero attached hydrogens (tertiary/aromatic N) is 2. The Morgan fingerprint density at radius 2 is 2.07 bits per heavy atom. The zero-order valence-corrected chi connectivity index (χ0v) is 8.97. The highest BCUT2D eigenvalue weighted by Crippen LogP contribution is 2.18. The fraction of sp³-hybridized carbons (Fsp3) is 0.111. The lowest BCUT2D eigenvalue weighted by molar-refractivity contribution is 0.107. The SMILES string of the molecule is Cl.Cn1nc(C(=O)Cl)c2ccccc21. The Morgan fingerprint density at radius 1 is 1.43 bits per heavy atom. The second-order valence-electron chi connectivity index (χ2n) is 2.76. The summed E-state index contributed by atoms with van der Waals surface area (Å²) in [5.41, 5.74) is 1.23. The van der Waals surface area contributed by atoms with E-state index in [2.05, 4.69) is 5.10 Å². The number of benzene rings is 1. The molecule has 0 unspecified atom stereocenters. The van der Waals surface area contributed by atoms with Gasteiger partial charge in [-0.3, -0.25) is 9.48 Å². The van der Waals surface area contributed by atoms with Crippen LogP contribution in [0.3, 0.4) is 0 Å². The van der Waals surface area contributed by atoms with Gasteiger partial charge in [-0.1, -0.05) is 18.2 Å². The van der Waals surface area contributed by atoms with Gasteiger partial charge in [0.1, 0.15) is 0 Å². The lowest BCUT2D eigenvalue weighted by Gasteiger charge is -1.90. The van der Waals surface area contributed by atoms with Crippen LogP contribution >= 0.6 is 24.0 Å².